The van der Waals surface area contributed by atoms with Gasteiger partial charge in [0.25, 0.3) is 0 Å². The minimum absolute atomic E-state index is 0.0639. The zero-order valence-corrected chi connectivity index (χ0v) is 10.00. The van der Waals surface area contributed by atoms with Gasteiger partial charge in [0.05, 0.1) is 0 Å². The van der Waals surface area contributed by atoms with E-state index in [0.29, 0.717) is 12.2 Å². The summed E-state index contributed by atoms with van der Waals surface area (Å²) >= 11 is 0. The number of benzene rings is 2. The Hall–Kier alpha value is -2.17. The Labute approximate surface area is 108 Å². The van der Waals surface area contributed by atoms with Crippen LogP contribution in [0.4, 0.5) is 18.9 Å². The molecule has 0 aliphatic heterocycles. The van der Waals surface area contributed by atoms with Gasteiger partial charge in [0.2, 0.25) is 0 Å². The molecule has 0 bridgehead atoms. The molecule has 1 N–H and O–H groups in total. The third-order valence-corrected chi connectivity index (χ3v) is 2.42. The maximum atomic E-state index is 13.2. The predicted molar refractivity (Wildman–Crippen MR) is 66.7 cm³/mol. The lowest BCUT2D eigenvalue weighted by molar-refractivity contribution is 0.297. The molecule has 0 saturated heterocycles. The molecule has 0 spiro atoms. The number of anilines is 1. The Balaban J connectivity index is 1.84. The first-order chi connectivity index (χ1) is 9.16. The van der Waals surface area contributed by atoms with Gasteiger partial charge in [0, 0.05) is 12.2 Å². The Morgan fingerprint density at radius 2 is 1.63 bits per heavy atom. The van der Waals surface area contributed by atoms with Gasteiger partial charge in [-0.2, -0.15) is 0 Å². The predicted octanol–water partition coefficient (Wildman–Crippen LogP) is 3.59. The smallest absolute Gasteiger partial charge is 0.190 e. The van der Waals surface area contributed by atoms with Crippen LogP contribution in [0.15, 0.2) is 42.5 Å². The van der Waals surface area contributed by atoms with E-state index in [2.05, 4.69) is 5.32 Å². The minimum atomic E-state index is -0.745. The van der Waals surface area contributed by atoms with E-state index in [1.54, 1.807) is 12.1 Å². The van der Waals surface area contributed by atoms with Crippen molar-refractivity contribution in [3.8, 4) is 5.75 Å². The third-order valence-electron chi connectivity index (χ3n) is 2.42. The van der Waals surface area contributed by atoms with Gasteiger partial charge < -0.3 is 10.1 Å². The highest BCUT2D eigenvalue weighted by Crippen LogP contribution is 2.20. The highest BCUT2D eigenvalue weighted by atomic mass is 19.1. The van der Waals surface area contributed by atoms with Gasteiger partial charge in [-0.05, 0) is 30.3 Å². The summed E-state index contributed by atoms with van der Waals surface area (Å²) in [4.78, 5) is 0. The van der Waals surface area contributed by atoms with Crippen molar-refractivity contribution >= 4 is 5.69 Å². The lowest BCUT2D eigenvalue weighted by atomic mass is 10.3. The normalized spacial score (nSPS) is 10.3. The fourth-order valence-electron chi connectivity index (χ4n) is 1.57. The lowest BCUT2D eigenvalue weighted by Gasteiger charge is -2.09. The van der Waals surface area contributed by atoms with Gasteiger partial charge in [0.1, 0.15) is 12.4 Å². The van der Waals surface area contributed by atoms with Crippen LogP contribution < -0.4 is 10.1 Å². The molecule has 0 heterocycles. The molecule has 0 aromatic heterocycles. The molecule has 5 heteroatoms. The van der Waals surface area contributed by atoms with Crippen LogP contribution in [0.5, 0.6) is 5.75 Å². The number of para-hydroxylation sites is 1. The Morgan fingerprint density at radius 3 is 2.32 bits per heavy atom. The molecular weight excluding hydrogens is 255 g/mol. The molecule has 2 aromatic rings. The summed E-state index contributed by atoms with van der Waals surface area (Å²) in [5.74, 6) is -2.24. The molecule has 0 radical (unpaired) electrons. The first kappa shape index (κ1) is 13.3. The van der Waals surface area contributed by atoms with Gasteiger partial charge >= 0.3 is 0 Å². The molecule has 0 saturated carbocycles. The highest BCUT2D eigenvalue weighted by molar-refractivity contribution is 5.42. The van der Waals surface area contributed by atoms with E-state index in [9.17, 15) is 13.2 Å². The maximum absolute atomic E-state index is 13.2. The largest absolute Gasteiger partial charge is 0.486 e. The van der Waals surface area contributed by atoms with E-state index in [0.717, 1.165) is 12.1 Å². The molecule has 2 nitrogen and oxygen atoms in total. The fourth-order valence-corrected chi connectivity index (χ4v) is 1.57. The van der Waals surface area contributed by atoms with Crippen LogP contribution in [-0.4, -0.2) is 13.2 Å². The van der Waals surface area contributed by atoms with E-state index in [-0.39, 0.29) is 12.4 Å². The standard InChI is InChI=1S/C14H12F3NO/c15-10-3-1-4-11(9-10)18-7-8-19-14-12(16)5-2-6-13(14)17/h1-6,9,18H,7-8H2. The summed E-state index contributed by atoms with van der Waals surface area (Å²) in [6.07, 6.45) is 0. The second-order valence-corrected chi connectivity index (χ2v) is 3.84. The van der Waals surface area contributed by atoms with Gasteiger partial charge in [-0.25, -0.2) is 13.2 Å². The SMILES string of the molecule is Fc1cccc(NCCOc2c(F)cccc2F)c1. The van der Waals surface area contributed by atoms with Crippen LogP contribution in [0.3, 0.4) is 0 Å². The van der Waals surface area contributed by atoms with Crippen molar-refractivity contribution in [1.29, 1.82) is 0 Å². The van der Waals surface area contributed by atoms with E-state index >= 15 is 0 Å². The van der Waals surface area contributed by atoms with Crippen LogP contribution in [0.1, 0.15) is 0 Å². The summed E-state index contributed by atoms with van der Waals surface area (Å²) in [5.41, 5.74) is 0.581. The van der Waals surface area contributed by atoms with Gasteiger partial charge in [-0.3, -0.25) is 0 Å². The van der Waals surface area contributed by atoms with Crippen molar-refractivity contribution in [3.63, 3.8) is 0 Å². The topological polar surface area (TPSA) is 21.3 Å². The van der Waals surface area contributed by atoms with Crippen molar-refractivity contribution in [2.45, 2.75) is 0 Å². The number of hydrogen-bond acceptors (Lipinski definition) is 2. The first-order valence-electron chi connectivity index (χ1n) is 5.73. The number of ether oxygens (including phenoxy) is 1. The summed E-state index contributed by atoms with van der Waals surface area (Å²) in [5, 5.41) is 2.88. The molecule has 100 valence electrons. The molecule has 0 atom stereocenters. The molecular formula is C14H12F3NO. The molecule has 0 aliphatic rings. The van der Waals surface area contributed by atoms with E-state index in [1.165, 1.54) is 18.2 Å². The molecule has 19 heavy (non-hydrogen) atoms. The average molecular weight is 267 g/mol. The van der Waals surface area contributed by atoms with Crippen LogP contribution in [0, 0.1) is 17.5 Å². The van der Waals surface area contributed by atoms with Crippen molar-refractivity contribution in [2.24, 2.45) is 0 Å². The van der Waals surface area contributed by atoms with Crippen molar-refractivity contribution < 1.29 is 17.9 Å². The third kappa shape index (κ3) is 3.64. The molecule has 0 amide bonds. The number of nitrogens with one attached hydrogen (secondary N) is 1. The number of rotatable bonds is 5. The second-order valence-electron chi connectivity index (χ2n) is 3.84. The Morgan fingerprint density at radius 1 is 0.947 bits per heavy atom. The van der Waals surface area contributed by atoms with Crippen LogP contribution >= 0.6 is 0 Å². The van der Waals surface area contributed by atoms with Crippen LogP contribution in [0.2, 0.25) is 0 Å². The molecule has 0 unspecified atom stereocenters. The fraction of sp³-hybridized carbons (Fsp3) is 0.143. The average Bonchev–Trinajstić information content (AvgIpc) is 2.37. The second kappa shape index (κ2) is 6.13. The Bertz CT molecular complexity index is 540. The van der Waals surface area contributed by atoms with Crippen LogP contribution in [0.25, 0.3) is 0 Å². The van der Waals surface area contributed by atoms with Crippen molar-refractivity contribution in [2.75, 3.05) is 18.5 Å². The molecule has 0 fully saturated rings. The monoisotopic (exact) mass is 267 g/mol. The van der Waals surface area contributed by atoms with E-state index in [1.807, 2.05) is 0 Å². The molecule has 0 aliphatic carbocycles. The summed E-state index contributed by atoms with van der Waals surface area (Å²) < 4.78 is 44.3. The highest BCUT2D eigenvalue weighted by Gasteiger charge is 2.08. The van der Waals surface area contributed by atoms with Crippen molar-refractivity contribution in [1.82, 2.24) is 0 Å². The van der Waals surface area contributed by atoms with Gasteiger partial charge in [-0.1, -0.05) is 12.1 Å². The van der Waals surface area contributed by atoms with Gasteiger partial charge in [-0.15, -0.1) is 0 Å². The molecule has 2 aromatic carbocycles. The number of halogens is 3. The summed E-state index contributed by atoms with van der Waals surface area (Å²) in [6.45, 7) is 0.367. The van der Waals surface area contributed by atoms with E-state index in [4.69, 9.17) is 4.74 Å². The van der Waals surface area contributed by atoms with Crippen molar-refractivity contribution in [3.05, 3.63) is 59.9 Å². The molecule has 2 rings (SSSR count). The zero-order chi connectivity index (χ0) is 13.7. The van der Waals surface area contributed by atoms with E-state index < -0.39 is 17.4 Å². The zero-order valence-electron chi connectivity index (χ0n) is 10.00. The summed E-state index contributed by atoms with van der Waals surface area (Å²) in [6, 6.07) is 9.42. The Kier molecular flexibility index (Phi) is 4.28. The lowest BCUT2D eigenvalue weighted by Crippen LogP contribution is -2.12. The first-order valence-corrected chi connectivity index (χ1v) is 5.73. The van der Waals surface area contributed by atoms with Gasteiger partial charge in [0.15, 0.2) is 17.4 Å². The van der Waals surface area contributed by atoms with Crippen LogP contribution in [-0.2, 0) is 0 Å². The summed E-state index contributed by atoms with van der Waals surface area (Å²) in [7, 11) is 0. The minimum Gasteiger partial charge on any atom is -0.486 e. The quantitative estimate of drug-likeness (QED) is 0.836. The maximum Gasteiger partial charge on any atom is 0.190 e. The number of hydrogen-bond donors (Lipinski definition) is 1.